The second-order valence-electron chi connectivity index (χ2n) is 5.34. The molecule has 0 amide bonds. The Balaban J connectivity index is 1.80. The van der Waals surface area contributed by atoms with Crippen LogP contribution in [-0.4, -0.2) is 53.2 Å². The average molecular weight is 261 g/mol. The van der Waals surface area contributed by atoms with Gasteiger partial charge < -0.3 is 10.0 Å². The predicted molar refractivity (Wildman–Crippen MR) is 72.6 cm³/mol. The summed E-state index contributed by atoms with van der Waals surface area (Å²) in [6.07, 6.45) is 5.24. The number of aromatic nitrogens is 1. The fourth-order valence-electron chi connectivity index (χ4n) is 3.14. The third kappa shape index (κ3) is 2.56. The highest BCUT2D eigenvalue weighted by Gasteiger charge is 2.29. The van der Waals surface area contributed by atoms with E-state index in [1.807, 2.05) is 0 Å². The summed E-state index contributed by atoms with van der Waals surface area (Å²) >= 11 is 0. The van der Waals surface area contributed by atoms with E-state index in [0.29, 0.717) is 11.6 Å². The molecular weight excluding hydrogens is 242 g/mol. The summed E-state index contributed by atoms with van der Waals surface area (Å²) in [5.74, 6) is -0.0883. The van der Waals surface area contributed by atoms with Gasteiger partial charge in [0, 0.05) is 31.9 Å². The van der Waals surface area contributed by atoms with Crippen molar-refractivity contribution in [2.75, 3.05) is 31.1 Å². The van der Waals surface area contributed by atoms with E-state index in [1.54, 1.807) is 18.3 Å². The van der Waals surface area contributed by atoms with Gasteiger partial charge in [-0.2, -0.15) is 0 Å². The van der Waals surface area contributed by atoms with Crippen LogP contribution in [0.4, 0.5) is 5.82 Å². The van der Waals surface area contributed by atoms with Crippen LogP contribution in [0.3, 0.4) is 0 Å². The molecule has 2 aliphatic heterocycles. The molecule has 102 valence electrons. The fraction of sp³-hybridized carbons (Fsp3) is 0.571. The Labute approximate surface area is 112 Å². The average Bonchev–Trinajstić information content (AvgIpc) is 2.76. The third-order valence-electron chi connectivity index (χ3n) is 4.12. The number of carboxylic acid groups (broad SMARTS) is 1. The molecular formula is C14H19N3O2. The first-order valence-corrected chi connectivity index (χ1v) is 6.92. The Hall–Kier alpha value is -1.62. The molecule has 1 N–H and O–H groups in total. The maximum absolute atomic E-state index is 11.0. The van der Waals surface area contributed by atoms with Gasteiger partial charge in [0.1, 0.15) is 5.82 Å². The number of hydrogen-bond donors (Lipinski definition) is 1. The van der Waals surface area contributed by atoms with Crippen LogP contribution in [0.2, 0.25) is 0 Å². The van der Waals surface area contributed by atoms with Gasteiger partial charge in [0.25, 0.3) is 0 Å². The first kappa shape index (κ1) is 12.4. The lowest BCUT2D eigenvalue weighted by Crippen LogP contribution is -2.37. The van der Waals surface area contributed by atoms with Gasteiger partial charge in [0.2, 0.25) is 0 Å². The molecule has 0 aliphatic carbocycles. The van der Waals surface area contributed by atoms with Crippen LogP contribution >= 0.6 is 0 Å². The maximum Gasteiger partial charge on any atom is 0.335 e. The number of fused-ring (bicyclic) bond motifs is 1. The predicted octanol–water partition coefficient (Wildman–Crippen LogP) is 1.45. The zero-order valence-electron chi connectivity index (χ0n) is 11.0. The lowest BCUT2D eigenvalue weighted by Gasteiger charge is -2.26. The van der Waals surface area contributed by atoms with Crippen LogP contribution in [-0.2, 0) is 0 Å². The molecule has 1 aromatic rings. The zero-order chi connectivity index (χ0) is 13.2. The van der Waals surface area contributed by atoms with Gasteiger partial charge in [-0.05, 0) is 37.9 Å². The maximum atomic E-state index is 11.0. The van der Waals surface area contributed by atoms with Crippen LogP contribution in [0.25, 0.3) is 0 Å². The molecule has 3 rings (SSSR count). The molecule has 2 saturated heterocycles. The molecule has 0 radical (unpaired) electrons. The Morgan fingerprint density at radius 3 is 3.00 bits per heavy atom. The van der Waals surface area contributed by atoms with E-state index in [4.69, 9.17) is 5.11 Å². The van der Waals surface area contributed by atoms with Crippen molar-refractivity contribution >= 4 is 11.8 Å². The summed E-state index contributed by atoms with van der Waals surface area (Å²) in [5, 5.41) is 9.06. The van der Waals surface area contributed by atoms with Gasteiger partial charge in [0.15, 0.2) is 0 Å². The smallest absolute Gasteiger partial charge is 0.335 e. The standard InChI is InChI=1S/C14H19N3O2/c18-14(19)11-4-5-15-13(9-11)17-8-2-7-16-6-1-3-12(16)10-17/h4-5,9,12H,1-3,6-8,10H2,(H,18,19). The molecule has 1 unspecified atom stereocenters. The summed E-state index contributed by atoms with van der Waals surface area (Å²) in [5.41, 5.74) is 0.317. The van der Waals surface area contributed by atoms with Crippen molar-refractivity contribution in [3.63, 3.8) is 0 Å². The number of carboxylic acids is 1. The molecule has 0 saturated carbocycles. The number of aromatic carboxylic acids is 1. The second-order valence-corrected chi connectivity index (χ2v) is 5.34. The Morgan fingerprint density at radius 2 is 2.16 bits per heavy atom. The van der Waals surface area contributed by atoms with E-state index in [9.17, 15) is 4.79 Å². The van der Waals surface area contributed by atoms with Crippen molar-refractivity contribution in [2.24, 2.45) is 0 Å². The summed E-state index contributed by atoms with van der Waals surface area (Å²) < 4.78 is 0. The molecule has 0 aromatic carbocycles. The molecule has 2 fully saturated rings. The minimum Gasteiger partial charge on any atom is -0.478 e. The summed E-state index contributed by atoms with van der Waals surface area (Å²) in [6.45, 7) is 4.29. The van der Waals surface area contributed by atoms with Gasteiger partial charge in [-0.15, -0.1) is 0 Å². The number of rotatable bonds is 2. The van der Waals surface area contributed by atoms with Gasteiger partial charge in [0.05, 0.1) is 5.56 Å². The first-order valence-electron chi connectivity index (χ1n) is 6.92. The molecule has 1 aromatic heterocycles. The van der Waals surface area contributed by atoms with Crippen molar-refractivity contribution < 1.29 is 9.90 Å². The van der Waals surface area contributed by atoms with Gasteiger partial charge >= 0.3 is 5.97 Å². The number of nitrogens with zero attached hydrogens (tertiary/aromatic N) is 3. The molecule has 3 heterocycles. The number of anilines is 1. The quantitative estimate of drug-likeness (QED) is 0.873. The highest BCUT2D eigenvalue weighted by Crippen LogP contribution is 2.24. The van der Waals surface area contributed by atoms with Crippen molar-refractivity contribution in [1.82, 2.24) is 9.88 Å². The fourth-order valence-corrected chi connectivity index (χ4v) is 3.14. The lowest BCUT2D eigenvalue weighted by molar-refractivity contribution is 0.0697. The molecule has 0 spiro atoms. The van der Waals surface area contributed by atoms with Crippen molar-refractivity contribution in [3.05, 3.63) is 23.9 Å². The second kappa shape index (κ2) is 5.17. The minimum atomic E-state index is -0.888. The van der Waals surface area contributed by atoms with Crippen LogP contribution in [0, 0.1) is 0 Å². The third-order valence-corrected chi connectivity index (χ3v) is 4.12. The summed E-state index contributed by atoms with van der Waals surface area (Å²) in [4.78, 5) is 20.2. The van der Waals surface area contributed by atoms with Crippen LogP contribution in [0.1, 0.15) is 29.6 Å². The van der Waals surface area contributed by atoms with Gasteiger partial charge in [-0.25, -0.2) is 9.78 Å². The molecule has 19 heavy (non-hydrogen) atoms. The van der Waals surface area contributed by atoms with Crippen molar-refractivity contribution in [1.29, 1.82) is 0 Å². The highest BCUT2D eigenvalue weighted by molar-refractivity contribution is 5.88. The molecule has 2 aliphatic rings. The van der Waals surface area contributed by atoms with E-state index in [1.165, 1.54) is 19.4 Å². The van der Waals surface area contributed by atoms with E-state index >= 15 is 0 Å². The molecule has 5 heteroatoms. The monoisotopic (exact) mass is 261 g/mol. The summed E-state index contributed by atoms with van der Waals surface area (Å²) in [6, 6.07) is 3.84. The van der Waals surface area contributed by atoms with E-state index in [0.717, 1.165) is 31.9 Å². The number of pyridine rings is 1. The Morgan fingerprint density at radius 1 is 1.32 bits per heavy atom. The number of carbonyl (C=O) groups is 1. The summed E-state index contributed by atoms with van der Waals surface area (Å²) in [7, 11) is 0. The highest BCUT2D eigenvalue weighted by atomic mass is 16.4. The van der Waals surface area contributed by atoms with E-state index in [2.05, 4.69) is 14.8 Å². The normalized spacial score (nSPS) is 24.0. The van der Waals surface area contributed by atoms with Gasteiger partial charge in [-0.3, -0.25) is 4.90 Å². The Kier molecular flexibility index (Phi) is 3.38. The van der Waals surface area contributed by atoms with Crippen LogP contribution in [0.5, 0.6) is 0 Å². The molecule has 5 nitrogen and oxygen atoms in total. The first-order chi connectivity index (χ1) is 9.24. The zero-order valence-corrected chi connectivity index (χ0v) is 11.0. The van der Waals surface area contributed by atoms with Crippen LogP contribution < -0.4 is 4.90 Å². The van der Waals surface area contributed by atoms with Crippen molar-refractivity contribution in [2.45, 2.75) is 25.3 Å². The van der Waals surface area contributed by atoms with Crippen molar-refractivity contribution in [3.8, 4) is 0 Å². The van der Waals surface area contributed by atoms with E-state index in [-0.39, 0.29) is 0 Å². The largest absolute Gasteiger partial charge is 0.478 e. The Bertz CT molecular complexity index is 478. The lowest BCUT2D eigenvalue weighted by atomic mass is 10.2. The number of hydrogen-bond acceptors (Lipinski definition) is 4. The topological polar surface area (TPSA) is 56.7 Å². The van der Waals surface area contributed by atoms with Gasteiger partial charge in [-0.1, -0.05) is 0 Å². The SMILES string of the molecule is O=C(O)c1ccnc(N2CCCN3CCCC3C2)c1. The van der Waals surface area contributed by atoms with E-state index < -0.39 is 5.97 Å². The van der Waals surface area contributed by atoms with Crippen LogP contribution in [0.15, 0.2) is 18.3 Å². The minimum absolute atomic E-state index is 0.317. The molecule has 1 atom stereocenters. The molecule has 0 bridgehead atoms.